The predicted octanol–water partition coefficient (Wildman–Crippen LogP) is 1.92. The van der Waals surface area contributed by atoms with E-state index < -0.39 is 15.9 Å². The second-order valence-electron chi connectivity index (χ2n) is 5.79. The van der Waals surface area contributed by atoms with Gasteiger partial charge in [0, 0.05) is 25.2 Å². The molecule has 0 fully saturated rings. The van der Waals surface area contributed by atoms with Crippen LogP contribution in [0, 0.1) is 0 Å². The van der Waals surface area contributed by atoms with E-state index in [4.69, 9.17) is 9.94 Å². The first kappa shape index (κ1) is 18.1. The van der Waals surface area contributed by atoms with Gasteiger partial charge in [-0.15, -0.1) is 0 Å². The van der Waals surface area contributed by atoms with Crippen molar-refractivity contribution in [1.29, 1.82) is 0 Å². The number of carbonyl (C=O) groups excluding carboxylic acids is 1. The van der Waals surface area contributed by atoms with E-state index in [0.29, 0.717) is 5.75 Å². The van der Waals surface area contributed by atoms with Gasteiger partial charge >= 0.3 is 0 Å². The van der Waals surface area contributed by atoms with E-state index in [-0.39, 0.29) is 18.0 Å². The highest BCUT2D eigenvalue weighted by atomic mass is 32.2. The largest absolute Gasteiger partial charge is 0.497 e. The van der Waals surface area contributed by atoms with Crippen molar-refractivity contribution in [3.05, 3.63) is 65.2 Å². The molecule has 0 saturated heterocycles. The smallest absolute Gasteiger partial charge is 0.267 e. The molecule has 1 aliphatic rings. The number of fused-ring (bicyclic) bond motifs is 1. The molecule has 0 unspecified atom stereocenters. The highest BCUT2D eigenvalue weighted by Gasteiger charge is 2.30. The van der Waals surface area contributed by atoms with Gasteiger partial charge in [0.05, 0.1) is 12.0 Å². The molecule has 136 valence electrons. The van der Waals surface area contributed by atoms with E-state index in [9.17, 15) is 13.2 Å². The number of nitrogens with one attached hydrogen (secondary N) is 1. The first-order valence-electron chi connectivity index (χ1n) is 7.82. The Balaban J connectivity index is 1.83. The number of methoxy groups -OCH3 is 1. The van der Waals surface area contributed by atoms with Gasteiger partial charge in [0.2, 0.25) is 10.0 Å². The number of amides is 1. The second-order valence-corrected chi connectivity index (χ2v) is 7.73. The molecule has 0 atom stereocenters. The van der Waals surface area contributed by atoms with Crippen LogP contribution in [0.2, 0.25) is 0 Å². The maximum Gasteiger partial charge on any atom is 0.267 e. The first-order chi connectivity index (χ1) is 12.4. The molecule has 2 aromatic carbocycles. The van der Waals surface area contributed by atoms with Crippen molar-refractivity contribution < 1.29 is 23.2 Å². The zero-order valence-electron chi connectivity index (χ0n) is 14.0. The van der Waals surface area contributed by atoms with Crippen LogP contribution in [0.4, 0.5) is 0 Å². The molecule has 0 radical (unpaired) electrons. The first-order valence-corrected chi connectivity index (χ1v) is 9.26. The van der Waals surface area contributed by atoms with Crippen molar-refractivity contribution in [2.24, 2.45) is 0 Å². The highest BCUT2D eigenvalue weighted by Crippen LogP contribution is 2.30. The fourth-order valence-corrected chi connectivity index (χ4v) is 4.21. The number of hydrogen-bond acceptors (Lipinski definition) is 5. The van der Waals surface area contributed by atoms with E-state index in [0.717, 1.165) is 16.7 Å². The van der Waals surface area contributed by atoms with Crippen LogP contribution in [-0.2, 0) is 27.9 Å². The lowest BCUT2D eigenvalue weighted by Crippen LogP contribution is -2.25. The Morgan fingerprint density at radius 3 is 2.69 bits per heavy atom. The van der Waals surface area contributed by atoms with Gasteiger partial charge in [-0.2, -0.15) is 4.31 Å². The number of hydroxylamine groups is 1. The summed E-state index contributed by atoms with van der Waals surface area (Å²) >= 11 is 0. The van der Waals surface area contributed by atoms with Gasteiger partial charge in [0.1, 0.15) is 5.75 Å². The van der Waals surface area contributed by atoms with Crippen molar-refractivity contribution in [2.45, 2.75) is 18.0 Å². The molecular weight excluding hydrogens is 356 g/mol. The van der Waals surface area contributed by atoms with Crippen LogP contribution in [0.5, 0.6) is 5.75 Å². The molecule has 1 aliphatic heterocycles. The minimum Gasteiger partial charge on any atom is -0.497 e. The van der Waals surface area contributed by atoms with E-state index in [2.05, 4.69) is 0 Å². The average molecular weight is 374 g/mol. The van der Waals surface area contributed by atoms with Gasteiger partial charge in [-0.1, -0.05) is 24.3 Å². The summed E-state index contributed by atoms with van der Waals surface area (Å²) in [6.45, 7) is 0.540. The Morgan fingerprint density at radius 2 is 1.96 bits per heavy atom. The molecule has 2 N–H and O–H groups in total. The van der Waals surface area contributed by atoms with Crippen LogP contribution < -0.4 is 10.2 Å². The summed E-state index contributed by atoms with van der Waals surface area (Å²) in [4.78, 5) is 11.3. The molecule has 0 spiro atoms. The van der Waals surface area contributed by atoms with Crippen molar-refractivity contribution in [3.63, 3.8) is 0 Å². The zero-order valence-corrected chi connectivity index (χ0v) is 14.9. The van der Waals surface area contributed by atoms with Crippen molar-refractivity contribution in [1.82, 2.24) is 9.79 Å². The van der Waals surface area contributed by atoms with Gasteiger partial charge in [-0.3, -0.25) is 10.0 Å². The molecular formula is C18H18N2O5S. The summed E-state index contributed by atoms with van der Waals surface area (Å²) in [5.74, 6) is -0.148. The third-order valence-corrected chi connectivity index (χ3v) is 5.93. The van der Waals surface area contributed by atoms with Crippen LogP contribution in [-0.4, -0.2) is 30.9 Å². The summed E-state index contributed by atoms with van der Waals surface area (Å²) in [5, 5.41) is 8.50. The molecule has 1 heterocycles. The summed E-state index contributed by atoms with van der Waals surface area (Å²) < 4.78 is 32.3. The van der Waals surface area contributed by atoms with Gasteiger partial charge in [0.25, 0.3) is 5.91 Å². The summed E-state index contributed by atoms with van der Waals surface area (Å²) in [6, 6.07) is 11.8. The molecule has 0 aliphatic carbocycles. The summed E-state index contributed by atoms with van der Waals surface area (Å²) in [5.41, 5.74) is 4.06. The number of carbonyl (C=O) groups is 1. The molecule has 26 heavy (non-hydrogen) atoms. The quantitative estimate of drug-likeness (QED) is 0.474. The lowest BCUT2D eigenvalue weighted by atomic mass is 10.1. The summed E-state index contributed by atoms with van der Waals surface area (Å²) in [6.07, 6.45) is 2.74. The number of rotatable bonds is 5. The Hall–Kier alpha value is -2.68. The van der Waals surface area contributed by atoms with Gasteiger partial charge in [0.15, 0.2) is 0 Å². The van der Waals surface area contributed by atoms with Crippen LogP contribution >= 0.6 is 0 Å². The second kappa shape index (κ2) is 7.28. The molecule has 3 rings (SSSR count). The third-order valence-electron chi connectivity index (χ3n) is 4.14. The van der Waals surface area contributed by atoms with E-state index >= 15 is 0 Å². The molecule has 0 saturated carbocycles. The van der Waals surface area contributed by atoms with Gasteiger partial charge < -0.3 is 4.74 Å². The Bertz CT molecular complexity index is 969. The van der Waals surface area contributed by atoms with Gasteiger partial charge in [-0.25, -0.2) is 13.9 Å². The van der Waals surface area contributed by atoms with E-state index in [1.54, 1.807) is 30.3 Å². The van der Waals surface area contributed by atoms with Crippen LogP contribution in [0.15, 0.2) is 53.4 Å². The molecule has 0 bridgehead atoms. The molecule has 1 amide bonds. The van der Waals surface area contributed by atoms with E-state index in [1.165, 1.54) is 29.0 Å². The molecule has 2 aromatic rings. The lowest BCUT2D eigenvalue weighted by Gasteiger charge is -2.16. The maximum absolute atomic E-state index is 12.9. The SMILES string of the molecule is COc1cccc(S(=O)(=O)N2Cc3ccc(/C=C/C(=O)NO)cc3C2)c1. The normalized spacial score (nSPS) is 14.4. The van der Waals surface area contributed by atoms with Crippen molar-refractivity contribution in [3.8, 4) is 5.75 Å². The maximum atomic E-state index is 12.9. The number of ether oxygens (including phenoxy) is 1. The number of hydrogen-bond donors (Lipinski definition) is 2. The number of nitrogens with zero attached hydrogens (tertiary/aromatic N) is 1. The molecule has 0 aromatic heterocycles. The molecule has 7 nitrogen and oxygen atoms in total. The number of benzene rings is 2. The lowest BCUT2D eigenvalue weighted by molar-refractivity contribution is -0.124. The number of sulfonamides is 1. The summed E-state index contributed by atoms with van der Waals surface area (Å²) in [7, 11) is -2.15. The highest BCUT2D eigenvalue weighted by molar-refractivity contribution is 7.89. The monoisotopic (exact) mass is 374 g/mol. The fraction of sp³-hybridized carbons (Fsp3) is 0.167. The third kappa shape index (κ3) is 3.62. The zero-order chi connectivity index (χ0) is 18.7. The van der Waals surface area contributed by atoms with Crippen LogP contribution in [0.25, 0.3) is 6.08 Å². The Morgan fingerprint density at radius 1 is 1.19 bits per heavy atom. The topological polar surface area (TPSA) is 95.9 Å². The Labute approximate surface area is 151 Å². The average Bonchev–Trinajstić information content (AvgIpc) is 3.10. The fourth-order valence-electron chi connectivity index (χ4n) is 2.78. The van der Waals surface area contributed by atoms with Crippen molar-refractivity contribution >= 4 is 22.0 Å². The predicted molar refractivity (Wildman–Crippen MR) is 94.8 cm³/mol. The minimum atomic E-state index is -3.64. The van der Waals surface area contributed by atoms with Crippen LogP contribution in [0.3, 0.4) is 0 Å². The van der Waals surface area contributed by atoms with E-state index in [1.807, 2.05) is 12.1 Å². The van der Waals surface area contributed by atoms with Crippen molar-refractivity contribution in [2.75, 3.05) is 7.11 Å². The molecule has 8 heteroatoms. The van der Waals surface area contributed by atoms with Crippen LogP contribution in [0.1, 0.15) is 16.7 Å². The minimum absolute atomic E-state index is 0.185. The Kier molecular flexibility index (Phi) is 5.08. The van der Waals surface area contributed by atoms with Gasteiger partial charge in [-0.05, 0) is 34.9 Å². The standard InChI is InChI=1S/C18H18N2O5S/c1-25-16-3-2-4-17(10-16)26(23,24)20-11-14-7-5-13(9-15(14)12-20)6-8-18(21)19-22/h2-10,22H,11-12H2,1H3,(H,19,21)/b8-6+.